The maximum Gasteiger partial charge on any atom is 0.0755 e. The second kappa shape index (κ2) is 6.07. The largest absolute Gasteiger partial charge is 0.330 e. The van der Waals surface area contributed by atoms with Gasteiger partial charge < -0.3 is 5.73 Å². The molecule has 0 spiro atoms. The first-order chi connectivity index (χ1) is 8.31. The standard InChI is InChI=1S/C13H22N4/c1-11(13-10-15-6-7-16-13)17-8-3-12(2-5-14)4-9-17/h6-7,10-12H,2-5,8-9,14H2,1H3. The van der Waals surface area contributed by atoms with Gasteiger partial charge in [-0.2, -0.15) is 0 Å². The summed E-state index contributed by atoms with van der Waals surface area (Å²) in [7, 11) is 0. The van der Waals surface area contributed by atoms with Gasteiger partial charge in [0.05, 0.1) is 11.7 Å². The summed E-state index contributed by atoms with van der Waals surface area (Å²) in [6.45, 7) is 5.35. The van der Waals surface area contributed by atoms with E-state index in [4.69, 9.17) is 5.73 Å². The minimum absolute atomic E-state index is 0.377. The van der Waals surface area contributed by atoms with Crippen molar-refractivity contribution in [2.24, 2.45) is 11.7 Å². The summed E-state index contributed by atoms with van der Waals surface area (Å²) in [4.78, 5) is 11.0. The van der Waals surface area contributed by atoms with Crippen LogP contribution in [0.2, 0.25) is 0 Å². The molecule has 17 heavy (non-hydrogen) atoms. The summed E-state index contributed by atoms with van der Waals surface area (Å²) in [5, 5.41) is 0. The minimum Gasteiger partial charge on any atom is -0.330 e. The summed E-state index contributed by atoms with van der Waals surface area (Å²) in [6.07, 6.45) is 9.07. The van der Waals surface area contributed by atoms with Gasteiger partial charge in [0.25, 0.3) is 0 Å². The highest BCUT2D eigenvalue weighted by Gasteiger charge is 2.23. The van der Waals surface area contributed by atoms with Crippen molar-refractivity contribution in [1.82, 2.24) is 14.9 Å². The molecule has 1 atom stereocenters. The summed E-state index contributed by atoms with van der Waals surface area (Å²) < 4.78 is 0. The van der Waals surface area contributed by atoms with Gasteiger partial charge in [-0.15, -0.1) is 0 Å². The highest BCUT2D eigenvalue weighted by atomic mass is 15.2. The van der Waals surface area contributed by atoms with Gasteiger partial charge in [0, 0.05) is 18.6 Å². The van der Waals surface area contributed by atoms with Crippen LogP contribution in [0.25, 0.3) is 0 Å². The van der Waals surface area contributed by atoms with E-state index in [-0.39, 0.29) is 0 Å². The number of aromatic nitrogens is 2. The maximum atomic E-state index is 5.61. The van der Waals surface area contributed by atoms with Crippen molar-refractivity contribution in [2.45, 2.75) is 32.2 Å². The lowest BCUT2D eigenvalue weighted by atomic mass is 9.92. The van der Waals surface area contributed by atoms with Gasteiger partial charge in [0.2, 0.25) is 0 Å². The van der Waals surface area contributed by atoms with Crippen molar-refractivity contribution in [1.29, 1.82) is 0 Å². The molecule has 0 radical (unpaired) electrons. The Bertz CT molecular complexity index is 319. The first-order valence-corrected chi connectivity index (χ1v) is 6.51. The smallest absolute Gasteiger partial charge is 0.0755 e. The Morgan fingerprint density at radius 1 is 1.41 bits per heavy atom. The van der Waals surface area contributed by atoms with Gasteiger partial charge in [-0.05, 0) is 51.7 Å². The summed E-state index contributed by atoms with van der Waals surface area (Å²) in [5.74, 6) is 0.824. The molecule has 0 saturated carbocycles. The van der Waals surface area contributed by atoms with Crippen molar-refractivity contribution in [3.05, 3.63) is 24.3 Å². The highest BCUT2D eigenvalue weighted by Crippen LogP contribution is 2.26. The van der Waals surface area contributed by atoms with Crippen LogP contribution in [-0.2, 0) is 0 Å². The molecule has 4 heteroatoms. The number of nitrogens with two attached hydrogens (primary N) is 1. The van der Waals surface area contributed by atoms with Crippen molar-refractivity contribution >= 4 is 0 Å². The zero-order valence-corrected chi connectivity index (χ0v) is 10.5. The van der Waals surface area contributed by atoms with Crippen LogP contribution >= 0.6 is 0 Å². The molecule has 0 amide bonds. The van der Waals surface area contributed by atoms with Crippen LogP contribution in [0.3, 0.4) is 0 Å². The van der Waals surface area contributed by atoms with Crippen molar-refractivity contribution < 1.29 is 0 Å². The zero-order valence-electron chi connectivity index (χ0n) is 10.5. The lowest BCUT2D eigenvalue weighted by molar-refractivity contribution is 0.136. The predicted molar refractivity (Wildman–Crippen MR) is 68.4 cm³/mol. The first-order valence-electron chi connectivity index (χ1n) is 6.51. The third-order valence-electron chi connectivity index (χ3n) is 3.78. The molecular formula is C13H22N4. The average Bonchev–Trinajstić information content (AvgIpc) is 2.40. The Morgan fingerprint density at radius 3 is 2.76 bits per heavy atom. The van der Waals surface area contributed by atoms with E-state index in [1.807, 2.05) is 6.20 Å². The van der Waals surface area contributed by atoms with E-state index >= 15 is 0 Å². The first kappa shape index (κ1) is 12.5. The van der Waals surface area contributed by atoms with E-state index in [1.54, 1.807) is 12.4 Å². The van der Waals surface area contributed by atoms with Gasteiger partial charge >= 0.3 is 0 Å². The van der Waals surface area contributed by atoms with Gasteiger partial charge in [0.1, 0.15) is 0 Å². The fourth-order valence-corrected chi connectivity index (χ4v) is 2.58. The third-order valence-corrected chi connectivity index (χ3v) is 3.78. The fourth-order valence-electron chi connectivity index (χ4n) is 2.58. The van der Waals surface area contributed by atoms with Gasteiger partial charge in [-0.3, -0.25) is 14.9 Å². The molecule has 1 unspecified atom stereocenters. The molecule has 0 aliphatic carbocycles. The lowest BCUT2D eigenvalue weighted by Crippen LogP contribution is -2.36. The number of rotatable bonds is 4. The third kappa shape index (κ3) is 3.23. The predicted octanol–water partition coefficient (Wildman–Crippen LogP) is 1.60. The monoisotopic (exact) mass is 234 g/mol. The molecule has 1 aromatic heterocycles. The second-order valence-electron chi connectivity index (χ2n) is 4.86. The number of hydrogen-bond acceptors (Lipinski definition) is 4. The number of hydrogen-bond donors (Lipinski definition) is 1. The lowest BCUT2D eigenvalue weighted by Gasteiger charge is -2.35. The highest BCUT2D eigenvalue weighted by molar-refractivity contribution is 5.01. The number of likely N-dealkylation sites (tertiary alicyclic amines) is 1. The van der Waals surface area contributed by atoms with E-state index in [1.165, 1.54) is 19.3 Å². The van der Waals surface area contributed by atoms with E-state index < -0.39 is 0 Å². The molecule has 1 aliphatic heterocycles. The zero-order chi connectivity index (χ0) is 12.1. The Morgan fingerprint density at radius 2 is 2.18 bits per heavy atom. The molecular weight excluding hydrogens is 212 g/mol. The molecule has 2 rings (SSSR count). The second-order valence-corrected chi connectivity index (χ2v) is 4.86. The SMILES string of the molecule is CC(c1cnccn1)N1CCC(CCN)CC1. The normalized spacial score (nSPS) is 20.4. The van der Waals surface area contributed by atoms with Crippen LogP contribution in [0.1, 0.15) is 37.9 Å². The van der Waals surface area contributed by atoms with Crippen LogP contribution in [0, 0.1) is 5.92 Å². The fraction of sp³-hybridized carbons (Fsp3) is 0.692. The molecule has 94 valence electrons. The van der Waals surface area contributed by atoms with Gasteiger partial charge in [-0.25, -0.2) is 0 Å². The quantitative estimate of drug-likeness (QED) is 0.859. The van der Waals surface area contributed by atoms with Crippen LogP contribution in [0.4, 0.5) is 0 Å². The maximum absolute atomic E-state index is 5.61. The summed E-state index contributed by atoms with van der Waals surface area (Å²) >= 11 is 0. The van der Waals surface area contributed by atoms with E-state index in [0.29, 0.717) is 6.04 Å². The van der Waals surface area contributed by atoms with E-state index in [2.05, 4.69) is 21.8 Å². The molecule has 0 aromatic carbocycles. The van der Waals surface area contributed by atoms with Crippen molar-refractivity contribution in [3.8, 4) is 0 Å². The van der Waals surface area contributed by atoms with Crippen molar-refractivity contribution in [2.75, 3.05) is 19.6 Å². The van der Waals surface area contributed by atoms with E-state index in [9.17, 15) is 0 Å². The Balaban J connectivity index is 1.88. The average molecular weight is 234 g/mol. The van der Waals surface area contributed by atoms with E-state index in [0.717, 1.165) is 31.2 Å². The molecule has 0 bridgehead atoms. The number of piperidine rings is 1. The molecule has 1 saturated heterocycles. The van der Waals surface area contributed by atoms with Crippen molar-refractivity contribution in [3.63, 3.8) is 0 Å². The molecule has 2 heterocycles. The summed E-state index contributed by atoms with van der Waals surface area (Å²) in [5.41, 5.74) is 6.69. The Labute approximate surface area is 103 Å². The summed E-state index contributed by atoms with van der Waals surface area (Å²) in [6, 6.07) is 0.377. The Hall–Kier alpha value is -1.00. The molecule has 2 N–H and O–H groups in total. The van der Waals surface area contributed by atoms with Crippen LogP contribution in [0.5, 0.6) is 0 Å². The molecule has 1 aromatic rings. The minimum atomic E-state index is 0.377. The topological polar surface area (TPSA) is 55.0 Å². The van der Waals surface area contributed by atoms with Gasteiger partial charge in [-0.1, -0.05) is 0 Å². The van der Waals surface area contributed by atoms with Crippen LogP contribution in [-0.4, -0.2) is 34.5 Å². The number of nitrogens with zero attached hydrogens (tertiary/aromatic N) is 3. The van der Waals surface area contributed by atoms with Crippen LogP contribution < -0.4 is 5.73 Å². The molecule has 1 fully saturated rings. The molecule has 1 aliphatic rings. The van der Waals surface area contributed by atoms with Gasteiger partial charge in [0.15, 0.2) is 0 Å². The Kier molecular flexibility index (Phi) is 4.45. The van der Waals surface area contributed by atoms with Crippen LogP contribution in [0.15, 0.2) is 18.6 Å². The molecule has 4 nitrogen and oxygen atoms in total.